The van der Waals surface area contributed by atoms with Crippen molar-refractivity contribution in [3.63, 3.8) is 0 Å². The number of nitrogens with zero attached hydrogens (tertiary/aromatic N) is 2. The van der Waals surface area contributed by atoms with Crippen LogP contribution in [0, 0.1) is 5.92 Å². The van der Waals surface area contributed by atoms with Crippen LogP contribution in [0.4, 0.5) is 0 Å². The van der Waals surface area contributed by atoms with Crippen molar-refractivity contribution in [3.05, 3.63) is 0 Å². The van der Waals surface area contributed by atoms with Gasteiger partial charge in [-0.1, -0.05) is 0 Å². The largest absolute Gasteiger partial charge is 0.381 e. The highest BCUT2D eigenvalue weighted by Gasteiger charge is 2.27. The second-order valence-electron chi connectivity index (χ2n) is 5.10. The Morgan fingerprint density at radius 2 is 1.94 bits per heavy atom. The van der Waals surface area contributed by atoms with Gasteiger partial charge in [-0.25, -0.2) is 0 Å². The summed E-state index contributed by atoms with van der Waals surface area (Å²) in [6.07, 6.45) is 2.84. The lowest BCUT2D eigenvalue weighted by Gasteiger charge is -2.28. The molecule has 0 spiro atoms. The van der Waals surface area contributed by atoms with Crippen LogP contribution in [-0.2, 0) is 9.53 Å². The maximum Gasteiger partial charge on any atom is 0.225 e. The van der Waals surface area contributed by atoms with Gasteiger partial charge in [0.05, 0.1) is 0 Å². The van der Waals surface area contributed by atoms with E-state index in [1.165, 1.54) is 0 Å². The van der Waals surface area contributed by atoms with Crippen LogP contribution >= 0.6 is 11.6 Å². The smallest absolute Gasteiger partial charge is 0.225 e. The number of hydrogen-bond donors (Lipinski definition) is 0. The van der Waals surface area contributed by atoms with Gasteiger partial charge in [0.15, 0.2) is 0 Å². The number of hydrogen-bond acceptors (Lipinski definition) is 3. The minimum absolute atomic E-state index is 0.193. The minimum Gasteiger partial charge on any atom is -0.381 e. The number of carbonyl (C=O) groups is 1. The highest BCUT2D eigenvalue weighted by molar-refractivity contribution is 6.18. The molecule has 0 bridgehead atoms. The van der Waals surface area contributed by atoms with Crippen molar-refractivity contribution >= 4 is 17.5 Å². The van der Waals surface area contributed by atoms with Crippen LogP contribution in [0.1, 0.15) is 19.3 Å². The van der Waals surface area contributed by atoms with Crippen LogP contribution in [0.5, 0.6) is 0 Å². The first-order valence-corrected chi connectivity index (χ1v) is 7.49. The number of ether oxygens (including phenoxy) is 1. The second-order valence-corrected chi connectivity index (χ2v) is 5.47. The van der Waals surface area contributed by atoms with Crippen LogP contribution in [-0.4, -0.2) is 67.5 Å². The molecule has 0 saturated carbocycles. The molecule has 18 heavy (non-hydrogen) atoms. The van der Waals surface area contributed by atoms with Crippen LogP contribution in [0.25, 0.3) is 0 Å². The Morgan fingerprint density at radius 3 is 2.67 bits per heavy atom. The van der Waals surface area contributed by atoms with E-state index in [9.17, 15) is 4.79 Å². The summed E-state index contributed by atoms with van der Waals surface area (Å²) in [6.45, 7) is 6.18. The lowest BCUT2D eigenvalue weighted by atomic mass is 9.98. The molecule has 5 heteroatoms. The van der Waals surface area contributed by atoms with Crippen molar-refractivity contribution in [2.45, 2.75) is 19.3 Å². The normalized spacial score (nSPS) is 23.9. The first kappa shape index (κ1) is 14.1. The first-order valence-electron chi connectivity index (χ1n) is 6.96. The van der Waals surface area contributed by atoms with E-state index in [4.69, 9.17) is 16.3 Å². The third-order valence-electron chi connectivity index (χ3n) is 3.87. The molecule has 2 fully saturated rings. The molecule has 2 aliphatic rings. The molecule has 0 atom stereocenters. The molecule has 0 aromatic heterocycles. The summed E-state index contributed by atoms with van der Waals surface area (Å²) in [5.41, 5.74) is 0. The Kier molecular flexibility index (Phi) is 5.73. The molecule has 2 rings (SSSR count). The number of halogens is 1. The molecular weight excluding hydrogens is 252 g/mol. The summed E-state index contributed by atoms with van der Waals surface area (Å²) in [5, 5.41) is 0. The van der Waals surface area contributed by atoms with Gasteiger partial charge >= 0.3 is 0 Å². The van der Waals surface area contributed by atoms with Crippen molar-refractivity contribution in [1.82, 2.24) is 9.80 Å². The molecule has 2 aliphatic heterocycles. The summed E-state index contributed by atoms with van der Waals surface area (Å²) >= 11 is 5.77. The molecule has 4 nitrogen and oxygen atoms in total. The summed E-state index contributed by atoms with van der Waals surface area (Å²) in [7, 11) is 0. The van der Waals surface area contributed by atoms with Gasteiger partial charge in [-0.3, -0.25) is 4.79 Å². The van der Waals surface area contributed by atoms with Gasteiger partial charge in [-0.15, -0.1) is 11.6 Å². The van der Waals surface area contributed by atoms with Crippen molar-refractivity contribution in [2.24, 2.45) is 5.92 Å². The Balaban J connectivity index is 1.82. The quantitative estimate of drug-likeness (QED) is 0.725. The Bertz CT molecular complexity index is 270. The van der Waals surface area contributed by atoms with Crippen molar-refractivity contribution in [1.29, 1.82) is 0 Å². The van der Waals surface area contributed by atoms with Gasteiger partial charge in [-0.2, -0.15) is 0 Å². The molecular formula is C13H23ClN2O2. The standard InChI is InChI=1S/C13H23ClN2O2/c14-4-7-15-5-1-6-16(9-8-15)13(17)12-2-10-18-11-3-12/h12H,1-11H2. The molecule has 0 aliphatic carbocycles. The molecule has 0 aromatic carbocycles. The number of amides is 1. The Labute approximate surface area is 114 Å². The van der Waals surface area contributed by atoms with E-state index in [0.29, 0.717) is 11.8 Å². The van der Waals surface area contributed by atoms with Crippen LogP contribution in [0.2, 0.25) is 0 Å². The Morgan fingerprint density at radius 1 is 1.17 bits per heavy atom. The fourth-order valence-electron chi connectivity index (χ4n) is 2.74. The maximum atomic E-state index is 12.4. The Hall–Kier alpha value is -0.320. The first-order chi connectivity index (χ1) is 8.81. The van der Waals surface area contributed by atoms with Gasteiger partial charge in [0.2, 0.25) is 5.91 Å². The maximum absolute atomic E-state index is 12.4. The minimum atomic E-state index is 0.193. The van der Waals surface area contributed by atoms with Gasteiger partial charge < -0.3 is 14.5 Å². The third-order valence-corrected chi connectivity index (χ3v) is 4.04. The fraction of sp³-hybridized carbons (Fsp3) is 0.923. The van der Waals surface area contributed by atoms with Crippen molar-refractivity contribution < 1.29 is 9.53 Å². The molecule has 104 valence electrons. The van der Waals surface area contributed by atoms with Gasteiger partial charge in [0.1, 0.15) is 0 Å². The van der Waals surface area contributed by atoms with Crippen LogP contribution in [0.15, 0.2) is 0 Å². The zero-order valence-electron chi connectivity index (χ0n) is 10.9. The van der Waals surface area contributed by atoms with E-state index in [0.717, 1.165) is 65.2 Å². The highest BCUT2D eigenvalue weighted by atomic mass is 35.5. The molecule has 0 unspecified atom stereocenters. The highest BCUT2D eigenvalue weighted by Crippen LogP contribution is 2.18. The number of rotatable bonds is 3. The number of alkyl halides is 1. The summed E-state index contributed by atoms with van der Waals surface area (Å²) in [4.78, 5) is 16.8. The molecule has 0 radical (unpaired) electrons. The molecule has 0 N–H and O–H groups in total. The monoisotopic (exact) mass is 274 g/mol. The van der Waals surface area contributed by atoms with E-state index in [1.807, 2.05) is 4.90 Å². The average molecular weight is 275 g/mol. The van der Waals surface area contributed by atoms with Crippen LogP contribution in [0.3, 0.4) is 0 Å². The molecule has 0 aromatic rings. The summed E-state index contributed by atoms with van der Waals surface area (Å²) < 4.78 is 5.32. The molecule has 2 saturated heterocycles. The predicted molar refractivity (Wildman–Crippen MR) is 71.9 cm³/mol. The SMILES string of the molecule is O=C(C1CCOCC1)N1CCCN(CCCl)CC1. The van der Waals surface area contributed by atoms with E-state index in [2.05, 4.69) is 4.90 Å². The van der Waals surface area contributed by atoms with Crippen LogP contribution < -0.4 is 0 Å². The second kappa shape index (κ2) is 7.31. The zero-order valence-corrected chi connectivity index (χ0v) is 11.7. The average Bonchev–Trinajstić information content (AvgIpc) is 2.65. The topological polar surface area (TPSA) is 32.8 Å². The van der Waals surface area contributed by atoms with E-state index in [-0.39, 0.29) is 5.92 Å². The summed E-state index contributed by atoms with van der Waals surface area (Å²) in [6, 6.07) is 0. The summed E-state index contributed by atoms with van der Waals surface area (Å²) in [5.74, 6) is 1.21. The van der Waals surface area contributed by atoms with Gasteiger partial charge in [0.25, 0.3) is 0 Å². The van der Waals surface area contributed by atoms with Gasteiger partial charge in [-0.05, 0) is 25.8 Å². The van der Waals surface area contributed by atoms with Crippen molar-refractivity contribution in [2.75, 3.05) is 51.8 Å². The third kappa shape index (κ3) is 3.84. The lowest BCUT2D eigenvalue weighted by molar-refractivity contribution is -0.138. The number of carbonyl (C=O) groups excluding carboxylic acids is 1. The van der Waals surface area contributed by atoms with E-state index < -0.39 is 0 Å². The predicted octanol–water partition coefficient (Wildman–Crippen LogP) is 1.19. The van der Waals surface area contributed by atoms with E-state index >= 15 is 0 Å². The van der Waals surface area contributed by atoms with E-state index in [1.54, 1.807) is 0 Å². The fourth-order valence-corrected chi connectivity index (χ4v) is 2.98. The molecule has 2 heterocycles. The lowest BCUT2D eigenvalue weighted by Crippen LogP contribution is -2.40. The van der Waals surface area contributed by atoms with Gasteiger partial charge in [0, 0.05) is 51.2 Å². The molecule has 1 amide bonds. The van der Waals surface area contributed by atoms with Crippen molar-refractivity contribution in [3.8, 4) is 0 Å². The zero-order chi connectivity index (χ0) is 12.8.